The Kier molecular flexibility index (Phi) is 2.09. The first-order valence-electron chi connectivity index (χ1n) is 4.07. The van der Waals surface area contributed by atoms with Crippen molar-refractivity contribution in [1.29, 1.82) is 0 Å². The maximum atomic E-state index is 5.82. The Morgan fingerprint density at radius 3 is 3.08 bits per heavy atom. The molecule has 68 valence electrons. The molecule has 0 spiro atoms. The van der Waals surface area contributed by atoms with Crippen LogP contribution in [-0.4, -0.2) is 9.55 Å². The minimum atomic E-state index is -0.0678. The average molecular weight is 240 g/mol. The number of pyridine rings is 1. The molecule has 13 heavy (non-hydrogen) atoms. The highest BCUT2D eigenvalue weighted by atomic mass is 79.9. The van der Waals surface area contributed by atoms with Crippen LogP contribution in [0.1, 0.15) is 13.1 Å². The second-order valence-electron chi connectivity index (χ2n) is 2.99. The summed E-state index contributed by atoms with van der Waals surface area (Å²) in [6, 6.07) is 5.96. The molecule has 0 aliphatic carbocycles. The Morgan fingerprint density at radius 2 is 2.38 bits per heavy atom. The van der Waals surface area contributed by atoms with Crippen LogP contribution in [0.5, 0.6) is 0 Å². The van der Waals surface area contributed by atoms with Crippen molar-refractivity contribution in [2.75, 3.05) is 0 Å². The van der Waals surface area contributed by atoms with E-state index in [2.05, 4.69) is 20.9 Å². The summed E-state index contributed by atoms with van der Waals surface area (Å²) < 4.78 is 2.92. The molecule has 3 nitrogen and oxygen atoms in total. The molecule has 0 fully saturated rings. The van der Waals surface area contributed by atoms with E-state index in [4.69, 9.17) is 5.73 Å². The number of halogens is 1. The zero-order valence-corrected chi connectivity index (χ0v) is 8.82. The van der Waals surface area contributed by atoms with Gasteiger partial charge in [-0.2, -0.15) is 0 Å². The minimum absolute atomic E-state index is 0.0678. The number of nitrogens with zero attached hydrogens (tertiary/aromatic N) is 2. The molecule has 1 atom stereocenters. The highest BCUT2D eigenvalue weighted by Gasteiger charge is 2.09. The number of fused-ring (bicyclic) bond motifs is 1. The van der Waals surface area contributed by atoms with Gasteiger partial charge in [0, 0.05) is 11.6 Å². The van der Waals surface area contributed by atoms with E-state index < -0.39 is 0 Å². The summed E-state index contributed by atoms with van der Waals surface area (Å²) in [7, 11) is 0. The van der Waals surface area contributed by atoms with Crippen molar-refractivity contribution in [2.24, 2.45) is 5.73 Å². The maximum Gasteiger partial charge on any atom is 0.142 e. The lowest BCUT2D eigenvalue weighted by molar-refractivity contribution is 0.578. The lowest BCUT2D eigenvalue weighted by Gasteiger charge is -2.09. The van der Waals surface area contributed by atoms with Gasteiger partial charge in [0.25, 0.3) is 0 Å². The average Bonchev–Trinajstić information content (AvgIpc) is 2.39. The van der Waals surface area contributed by atoms with Crippen molar-refractivity contribution in [1.82, 2.24) is 9.55 Å². The van der Waals surface area contributed by atoms with E-state index in [9.17, 15) is 0 Å². The van der Waals surface area contributed by atoms with Gasteiger partial charge in [0.1, 0.15) is 5.65 Å². The third kappa shape index (κ3) is 1.36. The van der Waals surface area contributed by atoms with Gasteiger partial charge < -0.3 is 10.3 Å². The summed E-state index contributed by atoms with van der Waals surface area (Å²) in [5, 5.41) is 1.10. The van der Waals surface area contributed by atoms with Gasteiger partial charge in [0.2, 0.25) is 0 Å². The van der Waals surface area contributed by atoms with Crippen LogP contribution in [0, 0.1) is 0 Å². The molecule has 0 aromatic carbocycles. The SMILES string of the molecule is CC(N)n1c(Br)cc2cccnc21. The van der Waals surface area contributed by atoms with Crippen molar-refractivity contribution in [3.05, 3.63) is 29.0 Å². The van der Waals surface area contributed by atoms with E-state index in [0.717, 1.165) is 15.6 Å². The van der Waals surface area contributed by atoms with E-state index in [1.165, 1.54) is 0 Å². The molecule has 0 radical (unpaired) electrons. The summed E-state index contributed by atoms with van der Waals surface area (Å²) in [5.74, 6) is 0. The Balaban J connectivity index is 2.78. The van der Waals surface area contributed by atoms with Crippen LogP contribution in [0.4, 0.5) is 0 Å². The van der Waals surface area contributed by atoms with Gasteiger partial charge in [0.05, 0.1) is 10.8 Å². The van der Waals surface area contributed by atoms with Gasteiger partial charge in [-0.3, -0.25) is 0 Å². The topological polar surface area (TPSA) is 43.8 Å². The number of rotatable bonds is 1. The Labute approximate surface area is 84.7 Å². The van der Waals surface area contributed by atoms with Crippen molar-refractivity contribution in [2.45, 2.75) is 13.1 Å². The molecule has 0 saturated carbocycles. The van der Waals surface area contributed by atoms with Gasteiger partial charge in [0.15, 0.2) is 0 Å². The predicted molar refractivity (Wildman–Crippen MR) is 56.3 cm³/mol. The van der Waals surface area contributed by atoms with Crippen LogP contribution < -0.4 is 5.73 Å². The van der Waals surface area contributed by atoms with E-state index in [1.807, 2.05) is 29.7 Å². The zero-order valence-electron chi connectivity index (χ0n) is 7.24. The number of hydrogen-bond acceptors (Lipinski definition) is 2. The number of aromatic nitrogens is 2. The standard InChI is InChI=1S/C9H10BrN3/c1-6(11)13-8(10)5-7-3-2-4-12-9(7)13/h2-6H,11H2,1H3. The Hall–Kier alpha value is -0.870. The fourth-order valence-electron chi connectivity index (χ4n) is 1.41. The molecule has 0 bridgehead atoms. The van der Waals surface area contributed by atoms with Gasteiger partial charge in [-0.1, -0.05) is 0 Å². The summed E-state index contributed by atoms with van der Waals surface area (Å²) in [4.78, 5) is 4.28. The fourth-order valence-corrected chi connectivity index (χ4v) is 2.15. The molecule has 2 aromatic heterocycles. The van der Waals surface area contributed by atoms with Gasteiger partial charge in [-0.15, -0.1) is 0 Å². The summed E-state index contributed by atoms with van der Waals surface area (Å²) >= 11 is 3.45. The van der Waals surface area contributed by atoms with Gasteiger partial charge >= 0.3 is 0 Å². The third-order valence-corrected chi connectivity index (χ3v) is 2.57. The molecule has 0 saturated heterocycles. The van der Waals surface area contributed by atoms with Crippen LogP contribution in [0.25, 0.3) is 11.0 Å². The van der Waals surface area contributed by atoms with Crippen molar-refractivity contribution < 1.29 is 0 Å². The molecular formula is C9H10BrN3. The first kappa shape index (κ1) is 8.72. The molecule has 2 rings (SSSR count). The highest BCUT2D eigenvalue weighted by Crippen LogP contribution is 2.24. The molecule has 0 amide bonds. The molecule has 1 unspecified atom stereocenters. The van der Waals surface area contributed by atoms with Crippen LogP contribution in [-0.2, 0) is 0 Å². The van der Waals surface area contributed by atoms with Crippen LogP contribution in [0.2, 0.25) is 0 Å². The number of nitrogens with two attached hydrogens (primary N) is 1. The molecule has 0 aliphatic rings. The number of hydrogen-bond donors (Lipinski definition) is 1. The summed E-state index contributed by atoms with van der Waals surface area (Å²) in [6.07, 6.45) is 1.70. The lowest BCUT2D eigenvalue weighted by Crippen LogP contribution is -2.14. The molecule has 4 heteroatoms. The van der Waals surface area contributed by atoms with E-state index in [-0.39, 0.29) is 6.17 Å². The first-order valence-corrected chi connectivity index (χ1v) is 4.86. The zero-order chi connectivity index (χ0) is 9.42. The second-order valence-corrected chi connectivity index (χ2v) is 3.81. The Morgan fingerprint density at radius 1 is 1.62 bits per heavy atom. The maximum absolute atomic E-state index is 5.82. The quantitative estimate of drug-likeness (QED) is 0.830. The molecular weight excluding hydrogens is 230 g/mol. The Bertz CT molecular complexity index is 433. The monoisotopic (exact) mass is 239 g/mol. The molecule has 2 N–H and O–H groups in total. The van der Waals surface area contributed by atoms with Crippen LogP contribution in [0.15, 0.2) is 29.0 Å². The molecule has 2 heterocycles. The predicted octanol–water partition coefficient (Wildman–Crippen LogP) is 2.28. The largest absolute Gasteiger partial charge is 0.311 e. The first-order chi connectivity index (χ1) is 6.20. The molecule has 2 aromatic rings. The lowest BCUT2D eigenvalue weighted by atomic mass is 10.3. The van der Waals surface area contributed by atoms with Crippen molar-refractivity contribution >= 4 is 27.0 Å². The normalized spacial score (nSPS) is 13.5. The summed E-state index contributed by atoms with van der Waals surface area (Å²) in [6.45, 7) is 1.93. The minimum Gasteiger partial charge on any atom is -0.311 e. The second kappa shape index (κ2) is 3.12. The van der Waals surface area contributed by atoms with E-state index in [0.29, 0.717) is 0 Å². The van der Waals surface area contributed by atoms with Gasteiger partial charge in [-0.25, -0.2) is 4.98 Å². The van der Waals surface area contributed by atoms with E-state index >= 15 is 0 Å². The van der Waals surface area contributed by atoms with Crippen LogP contribution >= 0.6 is 15.9 Å². The van der Waals surface area contributed by atoms with Crippen LogP contribution in [0.3, 0.4) is 0 Å². The third-order valence-electron chi connectivity index (χ3n) is 1.96. The van der Waals surface area contributed by atoms with Crippen molar-refractivity contribution in [3.8, 4) is 0 Å². The fraction of sp³-hybridized carbons (Fsp3) is 0.222. The highest BCUT2D eigenvalue weighted by molar-refractivity contribution is 9.10. The summed E-state index contributed by atoms with van der Waals surface area (Å²) in [5.41, 5.74) is 6.74. The smallest absolute Gasteiger partial charge is 0.142 e. The van der Waals surface area contributed by atoms with E-state index in [1.54, 1.807) is 6.20 Å². The van der Waals surface area contributed by atoms with Crippen molar-refractivity contribution in [3.63, 3.8) is 0 Å². The molecule has 0 aliphatic heterocycles. The van der Waals surface area contributed by atoms with Gasteiger partial charge in [-0.05, 0) is 41.1 Å².